The summed E-state index contributed by atoms with van der Waals surface area (Å²) in [6.07, 6.45) is -2.72. The van der Waals surface area contributed by atoms with Crippen LogP contribution in [0.2, 0.25) is 0 Å². The quantitative estimate of drug-likeness (QED) is 0.489. The van der Waals surface area contributed by atoms with E-state index in [0.717, 1.165) is 0 Å². The van der Waals surface area contributed by atoms with E-state index in [0.29, 0.717) is 0 Å². The van der Waals surface area contributed by atoms with Gasteiger partial charge >= 0.3 is 154 Å². The van der Waals surface area contributed by atoms with E-state index in [4.69, 9.17) is 5.11 Å². The number of carbonyl (C=O) groups is 3. The van der Waals surface area contributed by atoms with Crippen molar-refractivity contribution in [2.45, 2.75) is 18.4 Å². The van der Waals surface area contributed by atoms with Crippen LogP contribution in [0.3, 0.4) is 0 Å². The normalized spacial score (nSPS) is 8.29. The largest absolute Gasteiger partial charge is 1.00 e. The van der Waals surface area contributed by atoms with Gasteiger partial charge in [-0.15, -0.1) is 0 Å². The summed E-state index contributed by atoms with van der Waals surface area (Å²) >= 11 is 0. The maximum Gasteiger partial charge on any atom is 1.00 e. The van der Waals surface area contributed by atoms with E-state index in [1.807, 2.05) is 0 Å². The van der Waals surface area contributed by atoms with Crippen LogP contribution in [0.4, 0.5) is 0 Å². The van der Waals surface area contributed by atoms with Crippen molar-refractivity contribution >= 4 is 17.9 Å². The summed E-state index contributed by atoms with van der Waals surface area (Å²) in [5.74, 6) is -5.98. The number of carboxylic acids is 3. The molecule has 0 fully saturated rings. The van der Waals surface area contributed by atoms with E-state index in [2.05, 4.69) is 0 Å². The predicted molar refractivity (Wildman–Crippen MR) is 32.8 cm³/mol. The molecule has 0 radical (unpaired) electrons. The Labute approximate surface area is 224 Å². The molecule has 3 N–H and O–H groups in total. The summed E-state index contributed by atoms with van der Waals surface area (Å²) in [5.41, 5.74) is -2.97. The minimum Gasteiger partial charge on any atom is -0.550 e. The number of hydrogen-bond acceptors (Lipinski definition) is 7. The van der Waals surface area contributed by atoms with Crippen LogP contribution in [0.15, 0.2) is 0 Å². The van der Waals surface area contributed by atoms with Gasteiger partial charge in [0.15, 0.2) is 0 Å². The average molecular weight is 324 g/mol. The molecular formula is C6H7K3O8. The molecule has 8 nitrogen and oxygen atoms in total. The Balaban J connectivity index is -0.000000120. The van der Waals surface area contributed by atoms with E-state index in [9.17, 15) is 29.7 Å². The fourth-order valence-electron chi connectivity index (χ4n) is 0.684. The molecule has 82 valence electrons. The Hall–Kier alpha value is 3.24. The summed E-state index contributed by atoms with van der Waals surface area (Å²) < 4.78 is 0. The van der Waals surface area contributed by atoms with Gasteiger partial charge in [-0.05, 0) is 0 Å². The third kappa shape index (κ3) is 15.4. The second-order valence-electron chi connectivity index (χ2n) is 2.42. The predicted octanol–water partition coefficient (Wildman–Crippen LogP) is -15.1. The van der Waals surface area contributed by atoms with E-state index < -0.39 is 36.4 Å². The molecule has 0 bridgehead atoms. The molecule has 0 aromatic carbocycles. The number of aliphatic carboxylic acids is 3. The van der Waals surface area contributed by atoms with E-state index >= 15 is 0 Å². The minimum absolute atomic E-state index is 0. The topological polar surface area (TPSA) is 172 Å². The Bertz CT molecular complexity index is 240. The molecule has 0 heterocycles. The van der Waals surface area contributed by atoms with E-state index in [-0.39, 0.29) is 160 Å². The average Bonchev–Trinajstić information content (AvgIpc) is 1.82. The summed E-state index contributed by atoms with van der Waals surface area (Å²) in [4.78, 5) is 30.0. The first-order valence-corrected chi connectivity index (χ1v) is 3.11. The first kappa shape index (κ1) is 32.3. The zero-order valence-corrected chi connectivity index (χ0v) is 19.2. The second-order valence-corrected chi connectivity index (χ2v) is 2.42. The van der Waals surface area contributed by atoms with Gasteiger partial charge in [0.2, 0.25) is 0 Å². The molecule has 0 aliphatic carbocycles. The van der Waals surface area contributed by atoms with E-state index in [1.54, 1.807) is 0 Å². The van der Waals surface area contributed by atoms with Gasteiger partial charge in [0.05, 0.1) is 5.97 Å². The van der Waals surface area contributed by atoms with Crippen molar-refractivity contribution in [1.29, 1.82) is 0 Å². The fraction of sp³-hybridized carbons (Fsp3) is 0.500. The number of carbonyl (C=O) groups excluding carboxylic acids is 3. The third-order valence-electron chi connectivity index (χ3n) is 1.25. The Kier molecular flexibility index (Phi) is 29.6. The van der Waals surface area contributed by atoms with Crippen molar-refractivity contribution in [3.63, 3.8) is 0 Å². The van der Waals surface area contributed by atoms with Crippen LogP contribution in [0, 0.1) is 0 Å². The van der Waals surface area contributed by atoms with Gasteiger partial charge in [-0.2, -0.15) is 0 Å². The third-order valence-corrected chi connectivity index (χ3v) is 1.25. The molecule has 0 amide bonds. The molecule has 0 aliphatic rings. The van der Waals surface area contributed by atoms with Crippen molar-refractivity contribution in [2.24, 2.45) is 0 Å². The maximum absolute atomic E-state index is 10.1. The van der Waals surface area contributed by atoms with Crippen molar-refractivity contribution < 1.29 is 194 Å². The molecule has 11 heteroatoms. The molecule has 0 saturated heterocycles. The maximum atomic E-state index is 10.1. The number of carboxylic acid groups (broad SMARTS) is 3. The molecule has 0 unspecified atom stereocenters. The molecule has 0 atom stereocenters. The number of rotatable bonds is 5. The van der Waals surface area contributed by atoms with Crippen molar-refractivity contribution in [3.05, 3.63) is 0 Å². The van der Waals surface area contributed by atoms with Crippen LogP contribution in [0.1, 0.15) is 12.8 Å². The summed E-state index contributed by atoms with van der Waals surface area (Å²) in [6.45, 7) is 0. The Morgan fingerprint density at radius 1 is 0.882 bits per heavy atom. The zero-order valence-electron chi connectivity index (χ0n) is 9.81. The van der Waals surface area contributed by atoms with Gasteiger partial charge < -0.3 is 40.3 Å². The van der Waals surface area contributed by atoms with Crippen molar-refractivity contribution in [3.8, 4) is 0 Å². The van der Waals surface area contributed by atoms with Crippen LogP contribution in [0.25, 0.3) is 0 Å². The van der Waals surface area contributed by atoms with Crippen molar-refractivity contribution in [2.75, 3.05) is 0 Å². The molecule has 0 aliphatic heterocycles. The van der Waals surface area contributed by atoms with Crippen LogP contribution in [0.5, 0.6) is 0 Å². The van der Waals surface area contributed by atoms with Gasteiger partial charge in [-0.3, -0.25) is 0 Å². The van der Waals surface area contributed by atoms with Gasteiger partial charge in [-0.1, -0.05) is 0 Å². The summed E-state index contributed by atoms with van der Waals surface area (Å²) in [7, 11) is 0. The van der Waals surface area contributed by atoms with Crippen LogP contribution in [-0.4, -0.2) is 34.1 Å². The molecule has 0 aromatic heterocycles. The van der Waals surface area contributed by atoms with Crippen LogP contribution < -0.4 is 169 Å². The second kappa shape index (κ2) is 15.6. The molecular weight excluding hydrogens is 317 g/mol. The zero-order chi connectivity index (χ0) is 10.6. The molecule has 0 spiro atoms. The molecule has 17 heavy (non-hydrogen) atoms. The van der Waals surface area contributed by atoms with Crippen molar-refractivity contribution in [1.82, 2.24) is 0 Å². The molecule has 0 rings (SSSR count). The summed E-state index contributed by atoms with van der Waals surface area (Å²) in [6, 6.07) is 0. The first-order chi connectivity index (χ1) is 5.78. The number of aliphatic hydroxyl groups is 1. The standard InChI is InChI=1S/C6H8O7.3K.H2O/c7-3(8)1-6(13,5(11)12)2-4(9)10;;;;/h13H,1-2H2,(H,7,8)(H,9,10)(H,11,12);;;;1H2/q;3*+1;/p-3. The SMILES string of the molecule is O.O=C([O-])CC(O)(CC(=O)[O-])C(=O)[O-].[K+].[K+].[K+]. The fourth-order valence-corrected chi connectivity index (χ4v) is 0.684. The van der Waals surface area contributed by atoms with E-state index in [1.165, 1.54) is 0 Å². The smallest absolute Gasteiger partial charge is 0.550 e. The first-order valence-electron chi connectivity index (χ1n) is 3.11. The van der Waals surface area contributed by atoms with Gasteiger partial charge in [0, 0.05) is 24.8 Å². The monoisotopic (exact) mass is 324 g/mol. The minimum atomic E-state index is -2.97. The Morgan fingerprint density at radius 2 is 1.12 bits per heavy atom. The Morgan fingerprint density at radius 3 is 1.24 bits per heavy atom. The van der Waals surface area contributed by atoms with Gasteiger partial charge in [-0.25, -0.2) is 0 Å². The van der Waals surface area contributed by atoms with Gasteiger partial charge in [0.1, 0.15) is 5.60 Å². The van der Waals surface area contributed by atoms with Crippen LogP contribution in [-0.2, 0) is 14.4 Å². The summed E-state index contributed by atoms with van der Waals surface area (Å²) in [5, 5.41) is 38.9. The molecule has 0 saturated carbocycles. The van der Waals surface area contributed by atoms with Gasteiger partial charge in [0.25, 0.3) is 0 Å². The number of hydrogen-bond donors (Lipinski definition) is 1. The molecule has 0 aromatic rings. The van der Waals surface area contributed by atoms with Crippen LogP contribution >= 0.6 is 0 Å².